The van der Waals surface area contributed by atoms with Gasteiger partial charge in [0.05, 0.1) is 71.3 Å². The van der Waals surface area contributed by atoms with Crippen LogP contribution in [-0.2, 0) is 6.42 Å². The Hall–Kier alpha value is -6.32. The molecule has 2 atom stereocenters. The van der Waals surface area contributed by atoms with Gasteiger partial charge in [-0.05, 0) is 49.6 Å². The number of nitrogen functional groups attached to an aromatic ring is 2. The number of nitrogens with two attached hydrogens (primary N) is 2. The number of aliphatic imine (C=N–C) groups is 1. The Balaban J connectivity index is 0.000000186. The number of nitrogens with zero attached hydrogens (tertiary/aromatic N) is 11. The van der Waals surface area contributed by atoms with Crippen molar-refractivity contribution in [2.45, 2.75) is 38.6 Å². The van der Waals surface area contributed by atoms with Crippen LogP contribution in [0.5, 0.6) is 0 Å². The molecule has 0 aliphatic carbocycles. The molecule has 4 N–H and O–H groups in total. The SMILES string of the molecule is Cc1cccc2nc(C(C)Cl)c(-c3ccccc3)nc12.Cc1cccc2nc(C(c3ccccc3)n3cnc4c(N)ncnc43)cnc12.Nc1ncnc2c1N=CC2.[2H]CF.[H-].[Na+]. The zero-order valence-electron chi connectivity index (χ0n) is 36.0. The van der Waals surface area contributed by atoms with E-state index in [2.05, 4.69) is 60.0 Å². The van der Waals surface area contributed by atoms with Crippen LogP contribution in [0.2, 0.25) is 0 Å². The quantitative estimate of drug-likeness (QED) is 0.148. The first-order valence-electron chi connectivity index (χ1n) is 19.5. The molecule has 0 fully saturated rings. The first kappa shape index (κ1) is 42.8. The molecule has 2 unspecified atom stereocenters. The van der Waals surface area contributed by atoms with E-state index in [1.54, 1.807) is 12.5 Å². The standard InChI is InChI=1S/C21H17N7.C17H15ClN2.C6H6N4.CH3F.Na.H/c1-13-6-5-9-15-17(13)23-10-16(27-15)19(14-7-3-2-4-8-14)28-12-26-18-20(22)24-11-25-21(18)28;1-11-7-6-10-14-15(11)20-17(16(19-14)12(2)18)13-8-4-3-5-9-13;7-6-5-4(1-2-8-5)9-3-10-6;1-2;;/h2-12,19H,1H3,(H2,22,24,25);3-10,12H,1-2H3;2-3H,1H2,(H2,7,9,10);1H3;;/q;;;;+1;-1/i;;;1D;;. The Morgan fingerprint density at radius 3 is 2.07 bits per heavy atom. The molecule has 0 saturated carbocycles. The van der Waals surface area contributed by atoms with Crippen LogP contribution in [0.25, 0.3) is 44.5 Å². The topological polar surface area (TPSA) is 185 Å². The number of alkyl halides is 2. The second kappa shape index (κ2) is 20.3. The van der Waals surface area contributed by atoms with Gasteiger partial charge in [-0.2, -0.15) is 0 Å². The molecule has 9 aromatic rings. The van der Waals surface area contributed by atoms with Crippen LogP contribution in [0.15, 0.2) is 127 Å². The van der Waals surface area contributed by atoms with Gasteiger partial charge in [-0.15, -0.1) is 11.6 Å². The van der Waals surface area contributed by atoms with Crippen molar-refractivity contribution in [3.05, 3.63) is 156 Å². The predicted molar refractivity (Wildman–Crippen MR) is 238 cm³/mol. The van der Waals surface area contributed by atoms with E-state index in [0.717, 1.165) is 79.2 Å². The number of rotatable bonds is 5. The third kappa shape index (κ3) is 9.68. The molecule has 0 radical (unpaired) electrons. The maximum Gasteiger partial charge on any atom is 1.00 e. The molecule has 10 rings (SSSR count). The van der Waals surface area contributed by atoms with Crippen LogP contribution in [0, 0.1) is 13.8 Å². The Bertz CT molecular complexity index is 2960. The number of halogens is 2. The van der Waals surface area contributed by atoms with Crippen molar-refractivity contribution < 1.29 is 36.7 Å². The summed E-state index contributed by atoms with van der Waals surface area (Å²) in [7, 11) is -1.00. The molecule has 6 heterocycles. The molecule has 1 aliphatic heterocycles. The van der Waals surface area contributed by atoms with Gasteiger partial charge in [0.25, 0.3) is 0 Å². The summed E-state index contributed by atoms with van der Waals surface area (Å²) in [5.41, 5.74) is 24.8. The molecule has 16 heteroatoms. The number of hydrogen-bond donors (Lipinski definition) is 2. The van der Waals surface area contributed by atoms with Gasteiger partial charge in [-0.1, -0.05) is 84.9 Å². The number of para-hydroxylation sites is 2. The molecular formula is C45H42ClFN13Na. The van der Waals surface area contributed by atoms with E-state index in [-0.39, 0.29) is 42.4 Å². The van der Waals surface area contributed by atoms with Gasteiger partial charge in [-0.25, -0.2) is 39.9 Å². The van der Waals surface area contributed by atoms with Crippen LogP contribution in [-0.4, -0.2) is 62.8 Å². The summed E-state index contributed by atoms with van der Waals surface area (Å²) in [5, 5.41) is -0.178. The first-order valence-corrected chi connectivity index (χ1v) is 19.3. The molecule has 302 valence electrons. The molecule has 0 spiro atoms. The van der Waals surface area contributed by atoms with Crippen molar-refractivity contribution in [3.63, 3.8) is 0 Å². The molecule has 5 aromatic heterocycles. The van der Waals surface area contributed by atoms with Crippen LogP contribution in [0.3, 0.4) is 0 Å². The van der Waals surface area contributed by atoms with Crippen LogP contribution in [0.4, 0.5) is 21.7 Å². The van der Waals surface area contributed by atoms with Crippen molar-refractivity contribution in [1.82, 2.24) is 49.4 Å². The monoisotopic (exact) mass is 842 g/mol. The second-order valence-electron chi connectivity index (χ2n) is 13.6. The maximum absolute atomic E-state index is 9.96. The van der Waals surface area contributed by atoms with Gasteiger partial charge in [0.1, 0.15) is 29.9 Å². The number of fused-ring (bicyclic) bond motifs is 4. The van der Waals surface area contributed by atoms with Gasteiger partial charge >= 0.3 is 29.6 Å². The third-order valence-corrected chi connectivity index (χ3v) is 9.84. The number of aryl methyl sites for hydroxylation is 2. The molecule has 0 saturated heterocycles. The fraction of sp³-hybridized carbons (Fsp3) is 0.156. The fourth-order valence-electron chi connectivity index (χ4n) is 6.76. The van der Waals surface area contributed by atoms with Crippen molar-refractivity contribution in [3.8, 4) is 11.3 Å². The number of aromatic nitrogens is 10. The van der Waals surface area contributed by atoms with Crippen LogP contribution < -0.4 is 41.0 Å². The summed E-state index contributed by atoms with van der Waals surface area (Å²) in [6.07, 6.45) is 9.03. The molecule has 13 nitrogen and oxygen atoms in total. The van der Waals surface area contributed by atoms with Gasteiger partial charge < -0.3 is 17.5 Å². The van der Waals surface area contributed by atoms with Gasteiger partial charge in [0, 0.05) is 18.2 Å². The first-order chi connectivity index (χ1) is 29.7. The summed E-state index contributed by atoms with van der Waals surface area (Å²) in [4.78, 5) is 43.8. The third-order valence-electron chi connectivity index (χ3n) is 9.63. The van der Waals surface area contributed by atoms with E-state index in [0.29, 0.717) is 22.8 Å². The molecule has 4 aromatic carbocycles. The number of benzene rings is 4. The average molecular weight is 843 g/mol. The van der Waals surface area contributed by atoms with E-state index in [9.17, 15) is 4.39 Å². The minimum atomic E-state index is -1.00. The smallest absolute Gasteiger partial charge is 1.00 e. The Morgan fingerprint density at radius 1 is 0.738 bits per heavy atom. The van der Waals surface area contributed by atoms with Gasteiger partial charge in [0.15, 0.2) is 17.3 Å². The molecule has 1 aliphatic rings. The fourth-order valence-corrected chi connectivity index (χ4v) is 6.91. The average Bonchev–Trinajstić information content (AvgIpc) is 3.95. The summed E-state index contributed by atoms with van der Waals surface area (Å²) < 4.78 is 17.5. The zero-order valence-corrected chi connectivity index (χ0v) is 36.8. The van der Waals surface area contributed by atoms with E-state index in [4.69, 9.17) is 39.4 Å². The Labute approximate surface area is 381 Å². The summed E-state index contributed by atoms with van der Waals surface area (Å²) in [6.45, 7) is 6.02. The predicted octanol–water partition coefficient (Wildman–Crippen LogP) is 6.22. The van der Waals surface area contributed by atoms with Crippen molar-refractivity contribution >= 4 is 68.4 Å². The Kier molecular flexibility index (Phi) is 14.2. The normalized spacial score (nSPS) is 12.4. The number of anilines is 2. The minimum Gasteiger partial charge on any atom is -1.00 e. The van der Waals surface area contributed by atoms with E-state index in [1.807, 2.05) is 103 Å². The summed E-state index contributed by atoms with van der Waals surface area (Å²) >= 11 is 6.30. The van der Waals surface area contributed by atoms with Crippen molar-refractivity contribution in [2.24, 2.45) is 4.99 Å². The van der Waals surface area contributed by atoms with Gasteiger partial charge in [0.2, 0.25) is 0 Å². The van der Waals surface area contributed by atoms with E-state index in [1.165, 1.54) is 12.7 Å². The van der Waals surface area contributed by atoms with Gasteiger partial charge in [-0.3, -0.25) is 14.4 Å². The molecule has 0 amide bonds. The summed E-state index contributed by atoms with van der Waals surface area (Å²) in [6, 6.07) is 32.0. The Morgan fingerprint density at radius 2 is 1.38 bits per heavy atom. The molecule has 61 heavy (non-hydrogen) atoms. The second-order valence-corrected chi connectivity index (χ2v) is 14.2. The molecule has 0 bridgehead atoms. The van der Waals surface area contributed by atoms with E-state index < -0.39 is 7.15 Å². The van der Waals surface area contributed by atoms with Crippen molar-refractivity contribution in [2.75, 3.05) is 18.6 Å². The number of imidazole rings is 1. The largest absolute Gasteiger partial charge is 1.00 e. The van der Waals surface area contributed by atoms with Crippen LogP contribution >= 0.6 is 11.6 Å². The molecular weight excluding hydrogens is 800 g/mol. The van der Waals surface area contributed by atoms with Crippen LogP contribution in [0.1, 0.15) is 54.9 Å². The zero-order chi connectivity index (χ0) is 42.9. The minimum absolute atomic E-state index is 0. The summed E-state index contributed by atoms with van der Waals surface area (Å²) in [5.74, 6) is 0.828. The maximum atomic E-state index is 9.96. The number of hydrogen-bond acceptors (Lipinski definition) is 12. The van der Waals surface area contributed by atoms with Crippen molar-refractivity contribution in [1.29, 1.82) is 0 Å². The van der Waals surface area contributed by atoms with E-state index >= 15 is 0 Å².